The summed E-state index contributed by atoms with van der Waals surface area (Å²) in [5.41, 5.74) is 5.45. The maximum absolute atomic E-state index is 13.2. The van der Waals surface area contributed by atoms with E-state index in [4.69, 9.17) is 0 Å². The molecule has 0 amide bonds. The molecule has 0 saturated heterocycles. The summed E-state index contributed by atoms with van der Waals surface area (Å²) < 4.78 is 0. The molecule has 0 radical (unpaired) electrons. The standard InChI is InChI=1S/C31H41NO3/c1-6-8-10-12-13-24-25-16-15-21(19-28(25)32-30(35)26(24)14-11-9-7-2)22-17-23(20-33)29(34)27(18-22)31(3,4)5/h15-20,34H,6-14H2,1-5H3,(H,32,35). The van der Waals surface area contributed by atoms with E-state index in [9.17, 15) is 14.7 Å². The number of carbonyl (C=O) groups excluding carboxylic acids is 1. The first-order chi connectivity index (χ1) is 16.7. The van der Waals surface area contributed by atoms with E-state index in [2.05, 4.69) is 31.0 Å². The summed E-state index contributed by atoms with van der Waals surface area (Å²) in [4.78, 5) is 28.0. The Balaban J connectivity index is 2.12. The number of fused-ring (bicyclic) bond motifs is 1. The molecule has 188 valence electrons. The second kappa shape index (κ2) is 11.7. The van der Waals surface area contributed by atoms with E-state index in [0.29, 0.717) is 6.29 Å². The number of nitrogens with one attached hydrogen (secondary N) is 1. The SMILES string of the molecule is CCCCCCc1c(CCCCC)c(=O)[nH]c2cc(-c3cc(C=O)c(O)c(C(C)(C)C)c3)ccc12. The molecule has 0 unspecified atom stereocenters. The van der Waals surface area contributed by atoms with Crippen molar-refractivity contribution in [2.24, 2.45) is 0 Å². The van der Waals surface area contributed by atoms with E-state index in [1.165, 1.54) is 24.8 Å². The minimum atomic E-state index is -0.317. The Morgan fingerprint density at radius 2 is 1.51 bits per heavy atom. The number of H-pyrrole nitrogens is 1. The van der Waals surface area contributed by atoms with Crippen molar-refractivity contribution in [3.8, 4) is 16.9 Å². The predicted molar refractivity (Wildman–Crippen MR) is 147 cm³/mol. The third-order valence-electron chi connectivity index (χ3n) is 6.95. The maximum atomic E-state index is 13.2. The zero-order valence-electron chi connectivity index (χ0n) is 22.1. The van der Waals surface area contributed by atoms with Crippen molar-refractivity contribution in [1.29, 1.82) is 0 Å². The van der Waals surface area contributed by atoms with Gasteiger partial charge in [0.15, 0.2) is 6.29 Å². The molecule has 3 aromatic rings. The van der Waals surface area contributed by atoms with Crippen molar-refractivity contribution in [2.45, 2.75) is 97.8 Å². The fourth-order valence-corrected chi connectivity index (χ4v) is 4.90. The van der Waals surface area contributed by atoms with Crippen LogP contribution in [-0.2, 0) is 18.3 Å². The first kappa shape index (κ1) is 26.7. The minimum Gasteiger partial charge on any atom is -0.507 e. The van der Waals surface area contributed by atoms with Gasteiger partial charge in [-0.15, -0.1) is 0 Å². The minimum absolute atomic E-state index is 0.0194. The average molecular weight is 476 g/mol. The first-order valence-corrected chi connectivity index (χ1v) is 13.2. The number of aromatic nitrogens is 1. The second-order valence-corrected chi connectivity index (χ2v) is 10.8. The summed E-state index contributed by atoms with van der Waals surface area (Å²) in [7, 11) is 0. The molecule has 4 heteroatoms. The Hall–Kier alpha value is -2.88. The van der Waals surface area contributed by atoms with Gasteiger partial charge in [-0.05, 0) is 66.0 Å². The molecule has 0 atom stereocenters. The summed E-state index contributed by atoms with van der Waals surface area (Å²) in [6.45, 7) is 10.4. The Kier molecular flexibility index (Phi) is 8.93. The number of aryl methyl sites for hydroxylation is 1. The first-order valence-electron chi connectivity index (χ1n) is 13.2. The Morgan fingerprint density at radius 3 is 2.17 bits per heavy atom. The number of aromatic amines is 1. The number of phenolic OH excluding ortho intramolecular Hbond substituents is 1. The van der Waals surface area contributed by atoms with Gasteiger partial charge in [0, 0.05) is 22.0 Å². The van der Waals surface area contributed by atoms with Crippen molar-refractivity contribution in [2.75, 3.05) is 0 Å². The molecule has 0 aliphatic rings. The largest absolute Gasteiger partial charge is 0.507 e. The van der Waals surface area contributed by atoms with Gasteiger partial charge in [-0.25, -0.2) is 0 Å². The molecule has 3 rings (SSSR count). The molecule has 2 aromatic carbocycles. The maximum Gasteiger partial charge on any atom is 0.251 e. The fraction of sp³-hybridized carbons (Fsp3) is 0.484. The summed E-state index contributed by atoms with van der Waals surface area (Å²) in [6, 6.07) is 9.87. The molecule has 4 nitrogen and oxygen atoms in total. The zero-order chi connectivity index (χ0) is 25.6. The highest BCUT2D eigenvalue weighted by Gasteiger charge is 2.22. The van der Waals surface area contributed by atoms with Crippen molar-refractivity contribution < 1.29 is 9.90 Å². The fourth-order valence-electron chi connectivity index (χ4n) is 4.90. The molecule has 0 aliphatic carbocycles. The van der Waals surface area contributed by atoms with Gasteiger partial charge in [0.05, 0.1) is 5.56 Å². The lowest BCUT2D eigenvalue weighted by molar-refractivity contribution is 0.112. The topological polar surface area (TPSA) is 70.2 Å². The molecular weight excluding hydrogens is 434 g/mol. The number of unbranched alkanes of at least 4 members (excludes halogenated alkanes) is 5. The number of aldehydes is 1. The Bertz CT molecular complexity index is 1230. The third kappa shape index (κ3) is 6.22. The third-order valence-corrected chi connectivity index (χ3v) is 6.95. The summed E-state index contributed by atoms with van der Waals surface area (Å²) in [5.74, 6) is 0.0385. The lowest BCUT2D eigenvalue weighted by Gasteiger charge is -2.22. The van der Waals surface area contributed by atoms with Gasteiger partial charge in [0.2, 0.25) is 0 Å². The molecule has 1 heterocycles. The van der Waals surface area contributed by atoms with Gasteiger partial charge in [0.1, 0.15) is 5.75 Å². The Labute approximate surface area is 209 Å². The summed E-state index contributed by atoms with van der Waals surface area (Å²) >= 11 is 0. The summed E-state index contributed by atoms with van der Waals surface area (Å²) in [5, 5.41) is 11.7. The van der Waals surface area contributed by atoms with Crippen molar-refractivity contribution in [3.63, 3.8) is 0 Å². The number of rotatable bonds is 11. The van der Waals surface area contributed by atoms with Crippen molar-refractivity contribution in [1.82, 2.24) is 4.98 Å². The normalized spacial score (nSPS) is 11.8. The molecule has 2 N–H and O–H groups in total. The number of phenols is 1. The van der Waals surface area contributed by atoms with E-state index in [1.807, 2.05) is 32.9 Å². The van der Waals surface area contributed by atoms with Gasteiger partial charge in [-0.2, -0.15) is 0 Å². The molecule has 1 aromatic heterocycles. The molecule has 0 saturated carbocycles. The number of hydrogen-bond donors (Lipinski definition) is 2. The van der Waals surface area contributed by atoms with Crippen LogP contribution in [0.4, 0.5) is 0 Å². The van der Waals surface area contributed by atoms with Crippen molar-refractivity contribution in [3.05, 3.63) is 62.9 Å². The van der Waals surface area contributed by atoms with Gasteiger partial charge >= 0.3 is 0 Å². The Morgan fingerprint density at radius 1 is 0.857 bits per heavy atom. The molecule has 0 fully saturated rings. The highest BCUT2D eigenvalue weighted by atomic mass is 16.3. The highest BCUT2D eigenvalue weighted by molar-refractivity contribution is 5.89. The van der Waals surface area contributed by atoms with E-state index in [1.54, 1.807) is 6.07 Å². The van der Waals surface area contributed by atoms with Crippen LogP contribution in [0.15, 0.2) is 35.1 Å². The molecular formula is C31H41NO3. The lowest BCUT2D eigenvalue weighted by atomic mass is 9.83. The van der Waals surface area contributed by atoms with Crippen LogP contribution in [0, 0.1) is 0 Å². The van der Waals surface area contributed by atoms with Crippen LogP contribution >= 0.6 is 0 Å². The molecule has 0 aliphatic heterocycles. The second-order valence-electron chi connectivity index (χ2n) is 10.8. The number of pyridine rings is 1. The van der Waals surface area contributed by atoms with E-state index >= 15 is 0 Å². The van der Waals surface area contributed by atoms with Gasteiger partial charge < -0.3 is 10.1 Å². The van der Waals surface area contributed by atoms with Crippen LogP contribution in [0.5, 0.6) is 5.75 Å². The lowest BCUT2D eigenvalue weighted by Crippen LogP contribution is -2.16. The quantitative estimate of drug-likeness (QED) is 0.219. The van der Waals surface area contributed by atoms with Crippen LogP contribution in [0.2, 0.25) is 0 Å². The van der Waals surface area contributed by atoms with Gasteiger partial charge in [-0.3, -0.25) is 9.59 Å². The molecule has 0 bridgehead atoms. The number of aromatic hydroxyl groups is 1. The van der Waals surface area contributed by atoms with Crippen LogP contribution in [0.3, 0.4) is 0 Å². The number of hydrogen-bond acceptors (Lipinski definition) is 3. The van der Waals surface area contributed by atoms with Gasteiger partial charge in [0.25, 0.3) is 5.56 Å². The molecule has 0 spiro atoms. The van der Waals surface area contributed by atoms with Crippen LogP contribution < -0.4 is 5.56 Å². The monoisotopic (exact) mass is 475 g/mol. The van der Waals surface area contributed by atoms with E-state index in [0.717, 1.165) is 71.7 Å². The van der Waals surface area contributed by atoms with Crippen LogP contribution in [0.1, 0.15) is 107 Å². The average Bonchev–Trinajstić information content (AvgIpc) is 2.82. The van der Waals surface area contributed by atoms with E-state index < -0.39 is 0 Å². The number of benzene rings is 2. The predicted octanol–water partition coefficient (Wildman–Crippen LogP) is 7.87. The number of carbonyl (C=O) groups is 1. The van der Waals surface area contributed by atoms with Gasteiger partial charge in [-0.1, -0.05) is 78.9 Å². The molecule has 35 heavy (non-hydrogen) atoms. The summed E-state index contributed by atoms with van der Waals surface area (Å²) in [6.07, 6.45) is 10.4. The smallest absolute Gasteiger partial charge is 0.251 e. The van der Waals surface area contributed by atoms with Crippen molar-refractivity contribution >= 4 is 17.2 Å². The highest BCUT2D eigenvalue weighted by Crippen LogP contribution is 2.37. The van der Waals surface area contributed by atoms with Crippen LogP contribution in [-0.4, -0.2) is 16.4 Å². The zero-order valence-corrected chi connectivity index (χ0v) is 22.1. The van der Waals surface area contributed by atoms with Crippen LogP contribution in [0.25, 0.3) is 22.0 Å². The van der Waals surface area contributed by atoms with E-state index in [-0.39, 0.29) is 22.3 Å².